The molecule has 0 aromatic heterocycles. The van der Waals surface area contributed by atoms with Crippen molar-refractivity contribution in [3.8, 4) is 0 Å². The first-order valence-corrected chi connectivity index (χ1v) is 5.07. The molecule has 3 nitrogen and oxygen atoms in total. The van der Waals surface area contributed by atoms with Crippen LogP contribution in [0.1, 0.15) is 26.2 Å². The number of nitrogens with two attached hydrogens (primary N) is 1. The van der Waals surface area contributed by atoms with Gasteiger partial charge in [0.2, 0.25) is 0 Å². The number of hydrogen-bond donors (Lipinski definition) is 3. The molecule has 0 saturated heterocycles. The van der Waals surface area contributed by atoms with Crippen molar-refractivity contribution in [3.63, 3.8) is 0 Å². The number of nitrogens with one attached hydrogen (secondary N) is 2. The third-order valence-corrected chi connectivity index (χ3v) is 2.17. The van der Waals surface area contributed by atoms with Crippen LogP contribution in [0.3, 0.4) is 0 Å². The van der Waals surface area contributed by atoms with Gasteiger partial charge in [-0.2, -0.15) is 0 Å². The molecule has 1 unspecified atom stereocenters. The van der Waals surface area contributed by atoms with Gasteiger partial charge in [0.1, 0.15) is 0 Å². The molecule has 0 bridgehead atoms. The standard InChI is InChI=1S/C11H19N3/c1-9(12)7-11(13)14-8-10-5-3-2-4-6-10/h3,5-6,11-12,14H,2,4,7-8,13H2,1H3. The van der Waals surface area contributed by atoms with Crippen LogP contribution in [-0.4, -0.2) is 18.4 Å². The summed E-state index contributed by atoms with van der Waals surface area (Å²) in [6.45, 7) is 2.59. The van der Waals surface area contributed by atoms with Crippen LogP contribution in [0.15, 0.2) is 23.8 Å². The maximum Gasteiger partial charge on any atom is 0.0601 e. The summed E-state index contributed by atoms with van der Waals surface area (Å²) in [6.07, 6.45) is 9.36. The molecule has 1 aliphatic carbocycles. The number of rotatable bonds is 5. The smallest absolute Gasteiger partial charge is 0.0601 e. The van der Waals surface area contributed by atoms with Crippen molar-refractivity contribution in [1.29, 1.82) is 5.41 Å². The predicted octanol–water partition coefficient (Wildman–Crippen LogP) is 1.57. The molecule has 0 fully saturated rings. The Morgan fingerprint density at radius 1 is 1.64 bits per heavy atom. The van der Waals surface area contributed by atoms with Crippen molar-refractivity contribution in [1.82, 2.24) is 5.32 Å². The van der Waals surface area contributed by atoms with Crippen molar-refractivity contribution < 1.29 is 0 Å². The van der Waals surface area contributed by atoms with E-state index < -0.39 is 0 Å². The molecule has 0 saturated carbocycles. The molecule has 1 atom stereocenters. The average Bonchev–Trinajstić information content (AvgIpc) is 2.15. The van der Waals surface area contributed by atoms with Gasteiger partial charge < -0.3 is 11.1 Å². The van der Waals surface area contributed by atoms with E-state index in [9.17, 15) is 0 Å². The van der Waals surface area contributed by atoms with Gasteiger partial charge in [0.25, 0.3) is 0 Å². The van der Waals surface area contributed by atoms with Gasteiger partial charge in [-0.25, -0.2) is 0 Å². The minimum absolute atomic E-state index is 0.0938. The molecule has 0 radical (unpaired) electrons. The zero-order valence-corrected chi connectivity index (χ0v) is 8.72. The van der Waals surface area contributed by atoms with E-state index in [2.05, 4.69) is 23.5 Å². The van der Waals surface area contributed by atoms with Crippen LogP contribution < -0.4 is 11.1 Å². The van der Waals surface area contributed by atoms with E-state index >= 15 is 0 Å². The molecule has 1 rings (SSSR count). The first-order chi connectivity index (χ1) is 6.68. The van der Waals surface area contributed by atoms with Gasteiger partial charge >= 0.3 is 0 Å². The van der Waals surface area contributed by atoms with Crippen molar-refractivity contribution in [2.45, 2.75) is 32.4 Å². The van der Waals surface area contributed by atoms with Crippen LogP contribution in [0.4, 0.5) is 0 Å². The zero-order chi connectivity index (χ0) is 10.4. The maximum atomic E-state index is 7.30. The Morgan fingerprint density at radius 2 is 2.43 bits per heavy atom. The summed E-state index contributed by atoms with van der Waals surface area (Å²) in [4.78, 5) is 0. The lowest BCUT2D eigenvalue weighted by Gasteiger charge is -2.14. The highest BCUT2D eigenvalue weighted by molar-refractivity contribution is 5.79. The van der Waals surface area contributed by atoms with Crippen molar-refractivity contribution in [2.24, 2.45) is 5.73 Å². The second-order valence-corrected chi connectivity index (χ2v) is 3.73. The highest BCUT2D eigenvalue weighted by atomic mass is 15.0. The van der Waals surface area contributed by atoms with E-state index in [1.807, 2.05) is 0 Å². The van der Waals surface area contributed by atoms with Crippen LogP contribution in [-0.2, 0) is 0 Å². The van der Waals surface area contributed by atoms with Gasteiger partial charge in [0.15, 0.2) is 0 Å². The van der Waals surface area contributed by atoms with Crippen LogP contribution in [0.2, 0.25) is 0 Å². The molecule has 1 aliphatic rings. The molecule has 14 heavy (non-hydrogen) atoms. The van der Waals surface area contributed by atoms with E-state index in [4.69, 9.17) is 11.1 Å². The predicted molar refractivity (Wildman–Crippen MR) is 60.5 cm³/mol. The fourth-order valence-electron chi connectivity index (χ4n) is 1.45. The van der Waals surface area contributed by atoms with Gasteiger partial charge in [0, 0.05) is 18.7 Å². The first kappa shape index (κ1) is 11.1. The highest BCUT2D eigenvalue weighted by Gasteiger charge is 2.03. The Bertz CT molecular complexity index is 253. The Hall–Kier alpha value is -0.930. The van der Waals surface area contributed by atoms with Crippen molar-refractivity contribution in [3.05, 3.63) is 23.8 Å². The minimum Gasteiger partial charge on any atom is -0.316 e. The molecule has 0 spiro atoms. The molecule has 0 aliphatic heterocycles. The molecular weight excluding hydrogens is 174 g/mol. The van der Waals surface area contributed by atoms with Crippen LogP contribution >= 0.6 is 0 Å². The van der Waals surface area contributed by atoms with Crippen LogP contribution in [0.5, 0.6) is 0 Å². The minimum atomic E-state index is -0.0938. The van der Waals surface area contributed by atoms with E-state index in [1.165, 1.54) is 5.57 Å². The van der Waals surface area contributed by atoms with Gasteiger partial charge in [-0.1, -0.05) is 18.2 Å². The Labute approximate surface area is 85.6 Å². The fourth-order valence-corrected chi connectivity index (χ4v) is 1.45. The zero-order valence-electron chi connectivity index (χ0n) is 8.72. The third-order valence-electron chi connectivity index (χ3n) is 2.17. The monoisotopic (exact) mass is 193 g/mol. The van der Waals surface area contributed by atoms with Gasteiger partial charge in [-0.3, -0.25) is 5.32 Å². The quantitative estimate of drug-likeness (QED) is 0.458. The summed E-state index contributed by atoms with van der Waals surface area (Å²) in [5.41, 5.74) is 7.71. The summed E-state index contributed by atoms with van der Waals surface area (Å²) in [7, 11) is 0. The van der Waals surface area contributed by atoms with E-state index in [0.29, 0.717) is 12.1 Å². The Kier molecular flexibility index (Phi) is 4.56. The first-order valence-electron chi connectivity index (χ1n) is 5.07. The SMILES string of the molecule is CC(=N)CC(N)NCC1=CCCC=C1. The normalized spacial score (nSPS) is 17.7. The largest absolute Gasteiger partial charge is 0.316 e. The molecular formula is C11H19N3. The second-order valence-electron chi connectivity index (χ2n) is 3.73. The summed E-state index contributed by atoms with van der Waals surface area (Å²) in [5, 5.41) is 10.5. The fraction of sp³-hybridized carbons (Fsp3) is 0.545. The molecule has 78 valence electrons. The number of allylic oxidation sites excluding steroid dienone is 2. The van der Waals surface area contributed by atoms with Crippen LogP contribution in [0.25, 0.3) is 0 Å². The third kappa shape index (κ3) is 4.35. The van der Waals surface area contributed by atoms with Crippen molar-refractivity contribution in [2.75, 3.05) is 6.54 Å². The topological polar surface area (TPSA) is 61.9 Å². The molecule has 0 amide bonds. The lowest BCUT2D eigenvalue weighted by Crippen LogP contribution is -2.39. The summed E-state index contributed by atoms with van der Waals surface area (Å²) >= 11 is 0. The van der Waals surface area contributed by atoms with E-state index in [1.54, 1.807) is 6.92 Å². The highest BCUT2D eigenvalue weighted by Crippen LogP contribution is 2.08. The molecule has 3 heteroatoms. The van der Waals surface area contributed by atoms with Crippen molar-refractivity contribution >= 4 is 5.71 Å². The van der Waals surface area contributed by atoms with Gasteiger partial charge in [0.05, 0.1) is 6.17 Å². The second kappa shape index (κ2) is 5.73. The number of hydrogen-bond acceptors (Lipinski definition) is 3. The van der Waals surface area contributed by atoms with Gasteiger partial charge in [-0.05, 0) is 25.3 Å². The van der Waals surface area contributed by atoms with Crippen LogP contribution in [0, 0.1) is 5.41 Å². The lowest BCUT2D eigenvalue weighted by atomic mass is 10.1. The molecule has 4 N–H and O–H groups in total. The maximum absolute atomic E-state index is 7.30. The summed E-state index contributed by atoms with van der Waals surface area (Å²) < 4.78 is 0. The molecule has 0 aromatic rings. The molecule has 0 aromatic carbocycles. The molecule has 0 heterocycles. The summed E-state index contributed by atoms with van der Waals surface area (Å²) in [5.74, 6) is 0. The Morgan fingerprint density at radius 3 is 3.00 bits per heavy atom. The average molecular weight is 193 g/mol. The van der Waals surface area contributed by atoms with E-state index in [-0.39, 0.29) is 6.17 Å². The van der Waals surface area contributed by atoms with Gasteiger partial charge in [-0.15, -0.1) is 0 Å². The summed E-state index contributed by atoms with van der Waals surface area (Å²) in [6, 6.07) is 0. The van der Waals surface area contributed by atoms with E-state index in [0.717, 1.165) is 19.4 Å². The Balaban J connectivity index is 2.22. The lowest BCUT2D eigenvalue weighted by molar-refractivity contribution is 0.569.